The van der Waals surface area contributed by atoms with E-state index in [4.69, 9.17) is 16.3 Å². The van der Waals surface area contributed by atoms with Crippen molar-refractivity contribution in [3.8, 4) is 5.75 Å². The Morgan fingerprint density at radius 2 is 1.63 bits per heavy atom. The molecule has 1 fully saturated rings. The van der Waals surface area contributed by atoms with E-state index in [2.05, 4.69) is 30.0 Å². The number of ether oxygens (including phenoxy) is 1. The van der Waals surface area contributed by atoms with Crippen molar-refractivity contribution < 1.29 is 19.1 Å². The Morgan fingerprint density at radius 1 is 0.974 bits per heavy atom. The summed E-state index contributed by atoms with van der Waals surface area (Å²) >= 11 is 6.14. The van der Waals surface area contributed by atoms with Crippen molar-refractivity contribution in [2.75, 3.05) is 28.8 Å². The summed E-state index contributed by atoms with van der Waals surface area (Å²) < 4.78 is 5.69. The third-order valence-electron chi connectivity index (χ3n) is 6.42. The lowest BCUT2D eigenvalue weighted by atomic mass is 10.1. The Balaban J connectivity index is 1.32. The summed E-state index contributed by atoms with van der Waals surface area (Å²) in [6.07, 6.45) is 1.95. The highest BCUT2D eigenvalue weighted by Gasteiger charge is 2.35. The number of nitrogens with zero attached hydrogens (tertiary/aromatic N) is 1. The number of hydrazine groups is 1. The minimum absolute atomic E-state index is 0.100. The minimum Gasteiger partial charge on any atom is -0.482 e. The number of carbonyl (C=O) groups excluding carboxylic acids is 3. The Hall–Kier alpha value is -4.04. The number of hydrogen-bond acceptors (Lipinski definition) is 5. The molecule has 0 saturated carbocycles. The first kappa shape index (κ1) is 27.0. The van der Waals surface area contributed by atoms with Gasteiger partial charge in [-0.1, -0.05) is 49.7 Å². The Labute approximate surface area is 227 Å². The van der Waals surface area contributed by atoms with Crippen molar-refractivity contribution in [2.24, 2.45) is 5.92 Å². The molecule has 0 bridgehead atoms. The van der Waals surface area contributed by atoms with Gasteiger partial charge in [0.1, 0.15) is 5.75 Å². The van der Waals surface area contributed by atoms with E-state index in [0.717, 1.165) is 18.5 Å². The summed E-state index contributed by atoms with van der Waals surface area (Å²) in [5.41, 5.74) is 9.69. The molecule has 0 unspecified atom stereocenters. The van der Waals surface area contributed by atoms with Gasteiger partial charge in [0.15, 0.2) is 6.61 Å². The first-order chi connectivity index (χ1) is 18.4. The Morgan fingerprint density at radius 3 is 2.29 bits per heavy atom. The van der Waals surface area contributed by atoms with E-state index in [1.165, 1.54) is 11.1 Å². The Kier molecular flexibility index (Phi) is 8.86. The van der Waals surface area contributed by atoms with E-state index in [1.807, 2.05) is 48.5 Å². The summed E-state index contributed by atoms with van der Waals surface area (Å²) in [6.45, 7) is 4.19. The number of anilines is 3. The Bertz CT molecular complexity index is 1290. The lowest BCUT2D eigenvalue weighted by molar-refractivity contribution is -0.125. The fourth-order valence-corrected chi connectivity index (χ4v) is 4.34. The number of hydrogen-bond donors (Lipinski definition) is 3. The third kappa shape index (κ3) is 6.83. The van der Waals surface area contributed by atoms with Crippen molar-refractivity contribution >= 4 is 46.4 Å². The number of amides is 3. The standard InChI is InChI=1S/C29H31ClN4O4/c1-3-19-5-10-23(11-6-19)31-27(35)18-38-26-14-9-22(30)16-25(26)32-33-29(37)21-15-28(36)34(17-21)24-12-7-20(4-2)8-13-24/h5-14,16,21,32H,3-4,15,17-18H2,1-2H3,(H,31,35)(H,33,37)/t21-/m0/s1. The summed E-state index contributed by atoms with van der Waals surface area (Å²) in [6, 6.07) is 20.2. The van der Waals surface area contributed by atoms with Gasteiger partial charge in [0.05, 0.1) is 11.6 Å². The average molecular weight is 535 g/mol. The molecule has 9 heteroatoms. The van der Waals surface area contributed by atoms with Crippen LogP contribution in [-0.4, -0.2) is 30.9 Å². The molecule has 38 heavy (non-hydrogen) atoms. The minimum atomic E-state index is -0.519. The fraction of sp³-hybridized carbons (Fsp3) is 0.276. The van der Waals surface area contributed by atoms with E-state index in [0.29, 0.717) is 22.1 Å². The van der Waals surface area contributed by atoms with Gasteiger partial charge in [-0.3, -0.25) is 25.2 Å². The van der Waals surface area contributed by atoms with Crippen molar-refractivity contribution in [1.82, 2.24) is 5.43 Å². The van der Waals surface area contributed by atoms with Crippen molar-refractivity contribution in [3.63, 3.8) is 0 Å². The molecule has 3 amide bonds. The molecule has 1 saturated heterocycles. The number of aryl methyl sites for hydroxylation is 2. The number of rotatable bonds is 10. The second-order valence-corrected chi connectivity index (χ2v) is 9.50. The van der Waals surface area contributed by atoms with Crippen LogP contribution in [0.1, 0.15) is 31.4 Å². The summed E-state index contributed by atoms with van der Waals surface area (Å²) in [4.78, 5) is 39.5. The first-order valence-electron chi connectivity index (χ1n) is 12.6. The molecule has 3 aromatic rings. The molecule has 1 aliphatic rings. The molecule has 0 radical (unpaired) electrons. The predicted octanol–water partition coefficient (Wildman–Crippen LogP) is 4.98. The number of nitrogens with one attached hydrogen (secondary N) is 3. The van der Waals surface area contributed by atoms with Gasteiger partial charge in [-0.15, -0.1) is 0 Å². The zero-order chi connectivity index (χ0) is 27.1. The molecule has 0 aromatic heterocycles. The van der Waals surface area contributed by atoms with Crippen molar-refractivity contribution in [2.45, 2.75) is 33.1 Å². The van der Waals surface area contributed by atoms with Crippen LogP contribution in [-0.2, 0) is 27.2 Å². The smallest absolute Gasteiger partial charge is 0.262 e. The molecule has 1 heterocycles. The number of benzene rings is 3. The van der Waals surface area contributed by atoms with E-state index >= 15 is 0 Å². The molecule has 3 aromatic carbocycles. The maximum absolute atomic E-state index is 12.9. The molecule has 4 rings (SSSR count). The third-order valence-corrected chi connectivity index (χ3v) is 6.65. The lowest BCUT2D eigenvalue weighted by Gasteiger charge is -2.18. The molecule has 1 aliphatic heterocycles. The van der Waals surface area contributed by atoms with Crippen LogP contribution < -0.4 is 25.8 Å². The number of carbonyl (C=O) groups is 3. The van der Waals surface area contributed by atoms with Crippen LogP contribution in [0.5, 0.6) is 5.75 Å². The van der Waals surface area contributed by atoms with Gasteiger partial charge in [-0.25, -0.2) is 0 Å². The highest BCUT2D eigenvalue weighted by molar-refractivity contribution is 6.31. The van der Waals surface area contributed by atoms with Crippen molar-refractivity contribution in [3.05, 3.63) is 82.9 Å². The first-order valence-corrected chi connectivity index (χ1v) is 13.0. The predicted molar refractivity (Wildman–Crippen MR) is 149 cm³/mol. The van der Waals surface area contributed by atoms with Crippen molar-refractivity contribution in [1.29, 1.82) is 0 Å². The van der Waals surface area contributed by atoms with Crippen LogP contribution in [0.25, 0.3) is 0 Å². The average Bonchev–Trinajstić information content (AvgIpc) is 3.33. The maximum Gasteiger partial charge on any atom is 0.262 e. The van der Waals surface area contributed by atoms with Gasteiger partial charge >= 0.3 is 0 Å². The van der Waals surface area contributed by atoms with E-state index < -0.39 is 5.92 Å². The highest BCUT2D eigenvalue weighted by Crippen LogP contribution is 2.29. The number of halogens is 1. The van der Waals surface area contributed by atoms with Crippen LogP contribution in [0.4, 0.5) is 17.1 Å². The molecule has 198 valence electrons. The van der Waals surface area contributed by atoms with Crippen LogP contribution in [0.15, 0.2) is 66.7 Å². The zero-order valence-corrected chi connectivity index (χ0v) is 22.2. The SMILES string of the molecule is CCc1ccc(NC(=O)COc2ccc(Cl)cc2NNC(=O)[C@H]2CC(=O)N(c3ccc(CC)cc3)C2)cc1. The monoisotopic (exact) mass is 534 g/mol. The molecular formula is C29H31ClN4O4. The van der Waals surface area contributed by atoms with Gasteiger partial charge in [0, 0.05) is 29.4 Å². The molecule has 0 aliphatic carbocycles. The van der Waals surface area contributed by atoms with E-state index in [9.17, 15) is 14.4 Å². The van der Waals surface area contributed by atoms with E-state index in [1.54, 1.807) is 23.1 Å². The van der Waals surface area contributed by atoms with Crippen LogP contribution in [0, 0.1) is 5.92 Å². The largest absolute Gasteiger partial charge is 0.482 e. The zero-order valence-electron chi connectivity index (χ0n) is 21.4. The van der Waals surface area contributed by atoms with Crippen LogP contribution in [0.3, 0.4) is 0 Å². The summed E-state index contributed by atoms with van der Waals surface area (Å²) in [7, 11) is 0. The van der Waals surface area contributed by atoms with Gasteiger partial charge in [0.2, 0.25) is 11.8 Å². The van der Waals surface area contributed by atoms with Gasteiger partial charge in [-0.05, 0) is 66.4 Å². The second-order valence-electron chi connectivity index (χ2n) is 9.07. The lowest BCUT2D eigenvalue weighted by Crippen LogP contribution is -2.36. The summed E-state index contributed by atoms with van der Waals surface area (Å²) in [5, 5.41) is 3.22. The normalized spacial score (nSPS) is 14.8. The molecule has 3 N–H and O–H groups in total. The van der Waals surface area contributed by atoms with E-state index in [-0.39, 0.29) is 37.3 Å². The highest BCUT2D eigenvalue weighted by atomic mass is 35.5. The van der Waals surface area contributed by atoms with Crippen LogP contribution in [0.2, 0.25) is 5.02 Å². The fourth-order valence-electron chi connectivity index (χ4n) is 4.17. The quantitative estimate of drug-likeness (QED) is 0.319. The van der Waals surface area contributed by atoms with Gasteiger partial charge < -0.3 is 15.0 Å². The second kappa shape index (κ2) is 12.5. The molecule has 8 nitrogen and oxygen atoms in total. The molecule has 0 spiro atoms. The summed E-state index contributed by atoms with van der Waals surface area (Å²) in [5.74, 6) is -0.932. The topological polar surface area (TPSA) is 99.8 Å². The van der Waals surface area contributed by atoms with Gasteiger partial charge in [0.25, 0.3) is 5.91 Å². The maximum atomic E-state index is 12.9. The molecular weight excluding hydrogens is 504 g/mol. The molecule has 1 atom stereocenters. The van der Waals surface area contributed by atoms with Gasteiger partial charge in [-0.2, -0.15) is 0 Å². The van der Waals surface area contributed by atoms with Crippen LogP contribution >= 0.6 is 11.6 Å².